The normalized spacial score (nSPS) is 11.7. The van der Waals surface area contributed by atoms with Crippen LogP contribution in [0, 0.1) is 0 Å². The maximum absolute atomic E-state index is 12.7. The van der Waals surface area contributed by atoms with Crippen LogP contribution in [0.25, 0.3) is 5.78 Å². The second kappa shape index (κ2) is 10.5. The quantitative estimate of drug-likeness (QED) is 0.367. The SMILES string of the molecule is C=CCN(CC=C)c1nc(N(CC(=O)OC(C)(C)C)CC(=O)OC(C)(C)C)n2oc(=O)nc2n1. The number of nitrogens with zero attached hydrogens (tertiary/aromatic N) is 6. The van der Waals surface area contributed by atoms with Gasteiger partial charge in [-0.3, -0.25) is 9.59 Å². The van der Waals surface area contributed by atoms with Gasteiger partial charge in [-0.15, -0.1) is 18.1 Å². The van der Waals surface area contributed by atoms with E-state index < -0.39 is 28.9 Å². The van der Waals surface area contributed by atoms with Gasteiger partial charge in [0.1, 0.15) is 24.3 Å². The van der Waals surface area contributed by atoms with E-state index in [-0.39, 0.29) is 30.8 Å². The zero-order valence-electron chi connectivity index (χ0n) is 20.5. The maximum atomic E-state index is 12.7. The summed E-state index contributed by atoms with van der Waals surface area (Å²) in [5.74, 6) is -2.14. The fraction of sp³-hybridized carbons (Fsp3) is 0.545. The molecule has 2 heterocycles. The Morgan fingerprint density at radius 2 is 1.41 bits per heavy atom. The van der Waals surface area contributed by atoms with Crippen molar-refractivity contribution in [3.8, 4) is 0 Å². The van der Waals surface area contributed by atoms with Crippen molar-refractivity contribution in [2.24, 2.45) is 0 Å². The first-order valence-electron chi connectivity index (χ1n) is 10.7. The second-order valence-electron chi connectivity index (χ2n) is 9.40. The molecule has 0 aliphatic heterocycles. The largest absolute Gasteiger partial charge is 0.462 e. The summed E-state index contributed by atoms with van der Waals surface area (Å²) >= 11 is 0. The van der Waals surface area contributed by atoms with Crippen molar-refractivity contribution in [2.45, 2.75) is 52.7 Å². The topological polar surface area (TPSA) is 132 Å². The summed E-state index contributed by atoms with van der Waals surface area (Å²) in [7, 11) is 0. The Hall–Kier alpha value is -3.70. The van der Waals surface area contributed by atoms with E-state index in [0.29, 0.717) is 13.1 Å². The van der Waals surface area contributed by atoms with Gasteiger partial charge in [-0.2, -0.15) is 9.97 Å². The zero-order chi connectivity index (χ0) is 25.7. The Morgan fingerprint density at radius 3 is 1.85 bits per heavy atom. The van der Waals surface area contributed by atoms with Crippen LogP contribution in [0.15, 0.2) is 34.6 Å². The Kier molecular flexibility index (Phi) is 8.19. The molecule has 0 fully saturated rings. The summed E-state index contributed by atoms with van der Waals surface area (Å²) < 4.78 is 16.9. The van der Waals surface area contributed by atoms with Gasteiger partial charge < -0.3 is 23.8 Å². The average molecular weight is 477 g/mol. The summed E-state index contributed by atoms with van der Waals surface area (Å²) in [5, 5.41) is 0. The van der Waals surface area contributed by atoms with Crippen LogP contribution < -0.4 is 15.6 Å². The number of hydrogen-bond acceptors (Lipinski definition) is 11. The van der Waals surface area contributed by atoms with Crippen molar-refractivity contribution in [1.82, 2.24) is 19.5 Å². The number of aromatic nitrogens is 4. The van der Waals surface area contributed by atoms with Gasteiger partial charge in [0.2, 0.25) is 11.9 Å². The standard InChI is InChI=1S/C22H32N6O6/c1-9-11-26(12-10-2)17-23-18-25-20(31)34-28(18)19(24-17)27(13-15(29)32-21(3,4)5)14-16(30)33-22(6,7)8/h9-10H,1-2,11-14H2,3-8H3. The molecule has 186 valence electrons. The monoisotopic (exact) mass is 476 g/mol. The number of carbonyl (C=O) groups excluding carboxylic acids is 2. The summed E-state index contributed by atoms with van der Waals surface area (Å²) in [4.78, 5) is 52.7. The first-order valence-corrected chi connectivity index (χ1v) is 10.7. The lowest BCUT2D eigenvalue weighted by atomic mass is 10.2. The molecule has 0 radical (unpaired) electrons. The highest BCUT2D eigenvalue weighted by atomic mass is 16.6. The average Bonchev–Trinajstić information content (AvgIpc) is 3.03. The number of rotatable bonds is 10. The molecule has 0 amide bonds. The third-order valence-corrected chi connectivity index (χ3v) is 3.87. The third-order valence-electron chi connectivity index (χ3n) is 3.87. The number of fused-ring (bicyclic) bond motifs is 1. The predicted molar refractivity (Wildman–Crippen MR) is 126 cm³/mol. The molecule has 2 aromatic heterocycles. The number of carbonyl (C=O) groups is 2. The van der Waals surface area contributed by atoms with E-state index in [0.717, 1.165) is 4.57 Å². The van der Waals surface area contributed by atoms with Crippen LogP contribution in [0.4, 0.5) is 11.9 Å². The van der Waals surface area contributed by atoms with Crippen molar-refractivity contribution < 1.29 is 23.6 Å². The minimum atomic E-state index is -0.916. The Morgan fingerprint density at radius 1 is 0.912 bits per heavy atom. The molecule has 0 unspecified atom stereocenters. The molecule has 0 bridgehead atoms. The van der Waals surface area contributed by atoms with Gasteiger partial charge in [0.15, 0.2) is 0 Å². The lowest BCUT2D eigenvalue weighted by Gasteiger charge is -2.27. The van der Waals surface area contributed by atoms with Crippen molar-refractivity contribution in [3.63, 3.8) is 0 Å². The summed E-state index contributed by atoms with van der Waals surface area (Å²) in [6.45, 7) is 17.8. The van der Waals surface area contributed by atoms with Crippen LogP contribution in [0.5, 0.6) is 0 Å². The molecule has 2 rings (SSSR count). The number of esters is 2. The molecule has 2 aromatic rings. The van der Waals surface area contributed by atoms with Crippen molar-refractivity contribution in [2.75, 3.05) is 36.0 Å². The molecule has 34 heavy (non-hydrogen) atoms. The van der Waals surface area contributed by atoms with Gasteiger partial charge in [0.05, 0.1) is 0 Å². The molecule has 0 spiro atoms. The molecule has 12 heteroatoms. The summed E-state index contributed by atoms with van der Waals surface area (Å²) in [5.41, 5.74) is -1.51. The van der Waals surface area contributed by atoms with E-state index in [1.165, 1.54) is 4.90 Å². The van der Waals surface area contributed by atoms with Gasteiger partial charge in [-0.1, -0.05) is 16.7 Å². The van der Waals surface area contributed by atoms with Crippen molar-refractivity contribution in [1.29, 1.82) is 0 Å². The molecular weight excluding hydrogens is 444 g/mol. The van der Waals surface area contributed by atoms with Crippen LogP contribution in [0.1, 0.15) is 41.5 Å². The van der Waals surface area contributed by atoms with Gasteiger partial charge in [-0.05, 0) is 41.5 Å². The van der Waals surface area contributed by atoms with E-state index in [2.05, 4.69) is 28.1 Å². The highest BCUT2D eigenvalue weighted by Crippen LogP contribution is 2.19. The van der Waals surface area contributed by atoms with E-state index in [1.54, 1.807) is 58.6 Å². The minimum Gasteiger partial charge on any atom is -0.459 e. The van der Waals surface area contributed by atoms with Crippen molar-refractivity contribution >= 4 is 29.6 Å². The van der Waals surface area contributed by atoms with E-state index >= 15 is 0 Å². The van der Waals surface area contributed by atoms with Crippen LogP contribution >= 0.6 is 0 Å². The van der Waals surface area contributed by atoms with E-state index in [9.17, 15) is 14.4 Å². The smallest absolute Gasteiger partial charge is 0.459 e. The molecule has 0 saturated heterocycles. The zero-order valence-corrected chi connectivity index (χ0v) is 20.5. The Labute approximate surface area is 197 Å². The van der Waals surface area contributed by atoms with Crippen molar-refractivity contribution in [3.05, 3.63) is 35.9 Å². The predicted octanol–water partition coefficient (Wildman–Crippen LogP) is 1.75. The molecule has 0 aliphatic rings. The van der Waals surface area contributed by atoms with Crippen LogP contribution in [-0.2, 0) is 19.1 Å². The fourth-order valence-electron chi connectivity index (χ4n) is 2.86. The van der Waals surface area contributed by atoms with Gasteiger partial charge in [0.25, 0.3) is 5.78 Å². The molecule has 0 N–H and O–H groups in total. The first kappa shape index (κ1) is 26.6. The molecular formula is C22H32N6O6. The summed E-state index contributed by atoms with van der Waals surface area (Å²) in [6, 6.07) is 0. The highest BCUT2D eigenvalue weighted by Gasteiger charge is 2.28. The third kappa shape index (κ3) is 7.71. The van der Waals surface area contributed by atoms with Gasteiger partial charge in [-0.25, -0.2) is 4.79 Å². The number of ether oxygens (including phenoxy) is 2. The lowest BCUT2D eigenvalue weighted by Crippen LogP contribution is -2.41. The van der Waals surface area contributed by atoms with Gasteiger partial charge in [0, 0.05) is 13.1 Å². The molecule has 12 nitrogen and oxygen atoms in total. The number of anilines is 2. The molecule has 0 aromatic carbocycles. The molecule has 0 atom stereocenters. The van der Waals surface area contributed by atoms with Gasteiger partial charge >= 0.3 is 17.7 Å². The molecule has 0 aliphatic carbocycles. The number of hydrogen-bond donors (Lipinski definition) is 0. The fourth-order valence-corrected chi connectivity index (χ4v) is 2.86. The summed E-state index contributed by atoms with van der Waals surface area (Å²) in [6.07, 6.45) is 3.29. The van der Waals surface area contributed by atoms with Crippen LogP contribution in [0.3, 0.4) is 0 Å². The van der Waals surface area contributed by atoms with Crippen LogP contribution in [0.2, 0.25) is 0 Å². The minimum absolute atomic E-state index is 0.0514. The Bertz CT molecular complexity index is 1070. The maximum Gasteiger partial charge on any atom is 0.462 e. The lowest BCUT2D eigenvalue weighted by molar-refractivity contribution is -0.154. The molecule has 0 saturated carbocycles. The van der Waals surface area contributed by atoms with Crippen LogP contribution in [-0.4, -0.2) is 68.8 Å². The Balaban J connectivity index is 2.60. The van der Waals surface area contributed by atoms with E-state index in [4.69, 9.17) is 14.0 Å². The second-order valence-corrected chi connectivity index (χ2v) is 9.40. The highest BCUT2D eigenvalue weighted by molar-refractivity contribution is 5.81. The van der Waals surface area contributed by atoms with E-state index in [1.807, 2.05) is 0 Å². The first-order chi connectivity index (χ1) is 15.7.